The highest BCUT2D eigenvalue weighted by atomic mass is 19.4. The first-order valence-corrected chi connectivity index (χ1v) is 11.3. The third kappa shape index (κ3) is 5.73. The number of ether oxygens (including phenoxy) is 2. The predicted molar refractivity (Wildman–Crippen MR) is 123 cm³/mol. The minimum Gasteiger partial charge on any atom is -0.497 e. The lowest BCUT2D eigenvalue weighted by Gasteiger charge is -2.19. The van der Waals surface area contributed by atoms with E-state index in [0.29, 0.717) is 23.6 Å². The Kier molecular flexibility index (Phi) is 7.39. The van der Waals surface area contributed by atoms with Gasteiger partial charge in [-0.3, -0.25) is 4.68 Å². The van der Waals surface area contributed by atoms with Crippen molar-refractivity contribution in [3.05, 3.63) is 88.8 Å². The molecule has 0 saturated carbocycles. The van der Waals surface area contributed by atoms with Gasteiger partial charge >= 0.3 is 6.18 Å². The molecule has 2 aromatic carbocycles. The summed E-state index contributed by atoms with van der Waals surface area (Å²) >= 11 is 0. The van der Waals surface area contributed by atoms with Crippen LogP contribution in [-0.4, -0.2) is 31.9 Å². The number of halogens is 4. The van der Waals surface area contributed by atoms with Crippen LogP contribution in [0.2, 0.25) is 0 Å². The molecule has 4 rings (SSSR count). The van der Waals surface area contributed by atoms with Crippen molar-refractivity contribution in [3.8, 4) is 11.4 Å². The molecule has 0 amide bonds. The molecule has 0 spiro atoms. The molecule has 0 aliphatic heterocycles. The Bertz CT molecular complexity index is 1310. The molecule has 0 fully saturated rings. The van der Waals surface area contributed by atoms with E-state index in [2.05, 4.69) is 15.4 Å². The lowest BCUT2D eigenvalue weighted by Crippen LogP contribution is -2.12. The van der Waals surface area contributed by atoms with Gasteiger partial charge in [0.2, 0.25) is 0 Å². The van der Waals surface area contributed by atoms with Gasteiger partial charge in [0.25, 0.3) is 0 Å². The lowest BCUT2D eigenvalue weighted by molar-refractivity contribution is -0.141. The molecule has 0 radical (unpaired) electrons. The maximum atomic E-state index is 14.3. The number of aromatic nitrogens is 5. The van der Waals surface area contributed by atoms with E-state index in [1.54, 1.807) is 37.0 Å². The van der Waals surface area contributed by atoms with Crippen LogP contribution in [0.15, 0.2) is 54.7 Å². The molecule has 0 bridgehead atoms. The smallest absolute Gasteiger partial charge is 0.435 e. The summed E-state index contributed by atoms with van der Waals surface area (Å²) in [7, 11) is 1.57. The van der Waals surface area contributed by atoms with Gasteiger partial charge in [0.05, 0.1) is 36.9 Å². The molecule has 0 aliphatic rings. The third-order valence-electron chi connectivity index (χ3n) is 5.66. The zero-order valence-electron chi connectivity index (χ0n) is 20.0. The molecular weight excluding hydrogens is 478 g/mol. The molecule has 2 heterocycles. The Morgan fingerprint density at radius 1 is 1.06 bits per heavy atom. The number of hydrogen-bond donors (Lipinski definition) is 0. The first-order valence-electron chi connectivity index (χ1n) is 11.3. The van der Waals surface area contributed by atoms with Gasteiger partial charge in [0.1, 0.15) is 11.6 Å². The van der Waals surface area contributed by atoms with Crippen molar-refractivity contribution in [2.45, 2.75) is 45.7 Å². The van der Waals surface area contributed by atoms with Crippen molar-refractivity contribution in [1.29, 1.82) is 0 Å². The third-order valence-corrected chi connectivity index (χ3v) is 5.66. The van der Waals surface area contributed by atoms with E-state index in [1.807, 2.05) is 19.1 Å². The van der Waals surface area contributed by atoms with E-state index in [0.717, 1.165) is 11.6 Å². The average Bonchev–Trinajstić information content (AvgIpc) is 3.50. The number of benzene rings is 2. The fourth-order valence-corrected chi connectivity index (χ4v) is 3.73. The second kappa shape index (κ2) is 10.5. The Morgan fingerprint density at radius 3 is 2.44 bits per heavy atom. The van der Waals surface area contributed by atoms with E-state index in [-0.39, 0.29) is 24.4 Å². The Hall–Kier alpha value is -3.73. The summed E-state index contributed by atoms with van der Waals surface area (Å²) in [6.07, 6.45) is -3.58. The van der Waals surface area contributed by atoms with Gasteiger partial charge in [-0.2, -0.15) is 18.3 Å². The van der Waals surface area contributed by atoms with Crippen molar-refractivity contribution < 1.29 is 27.0 Å². The van der Waals surface area contributed by atoms with Crippen LogP contribution in [0, 0.1) is 5.82 Å². The molecule has 190 valence electrons. The van der Waals surface area contributed by atoms with E-state index >= 15 is 0 Å². The van der Waals surface area contributed by atoms with E-state index < -0.39 is 23.8 Å². The van der Waals surface area contributed by atoms with Crippen LogP contribution in [0.5, 0.6) is 5.75 Å². The molecule has 0 aliphatic carbocycles. The first-order chi connectivity index (χ1) is 17.2. The summed E-state index contributed by atoms with van der Waals surface area (Å²) in [5, 5.41) is 11.8. The molecule has 2 aromatic heterocycles. The number of alkyl halides is 3. The lowest BCUT2D eigenvalue weighted by atomic mass is 10.1. The number of rotatable bonds is 9. The number of hydrogen-bond acceptors (Lipinski definition) is 5. The number of aryl methyl sites for hydroxylation is 1. The monoisotopic (exact) mass is 503 g/mol. The van der Waals surface area contributed by atoms with Crippen molar-refractivity contribution in [2.75, 3.05) is 7.11 Å². The molecule has 1 atom stereocenters. The van der Waals surface area contributed by atoms with Gasteiger partial charge in [-0.05, 0) is 55.8 Å². The summed E-state index contributed by atoms with van der Waals surface area (Å²) in [5.74, 6) is 0.161. The quantitative estimate of drug-likeness (QED) is 0.282. The van der Waals surface area contributed by atoms with Gasteiger partial charge in [-0.15, -0.1) is 5.10 Å². The van der Waals surface area contributed by atoms with Gasteiger partial charge in [-0.1, -0.05) is 17.3 Å². The maximum absolute atomic E-state index is 14.3. The van der Waals surface area contributed by atoms with Crippen molar-refractivity contribution >= 4 is 0 Å². The van der Waals surface area contributed by atoms with Crippen LogP contribution in [0.1, 0.15) is 48.2 Å². The number of methoxy groups -OCH3 is 1. The Labute approximate surface area is 205 Å². The topological polar surface area (TPSA) is 67.0 Å². The molecule has 11 heteroatoms. The SMILES string of the molecule is CCn1cc(Cc2cc(C(F)(F)F)nn2-c2ccc(F)cc2[C@@H](C)OCc2ccc(OC)cc2)nn1. The van der Waals surface area contributed by atoms with Gasteiger partial charge in [0, 0.05) is 24.7 Å². The molecule has 0 saturated heterocycles. The molecule has 0 N–H and O–H groups in total. The van der Waals surface area contributed by atoms with E-state index in [4.69, 9.17) is 9.47 Å². The van der Waals surface area contributed by atoms with E-state index in [1.165, 1.54) is 22.9 Å². The van der Waals surface area contributed by atoms with Crippen LogP contribution >= 0.6 is 0 Å². The average molecular weight is 504 g/mol. The normalized spacial score (nSPS) is 12.6. The van der Waals surface area contributed by atoms with Gasteiger partial charge < -0.3 is 9.47 Å². The first kappa shape index (κ1) is 25.4. The molecule has 0 unspecified atom stereocenters. The van der Waals surface area contributed by atoms with Crippen LogP contribution < -0.4 is 4.74 Å². The molecule has 7 nitrogen and oxygen atoms in total. The second-order valence-corrected chi connectivity index (χ2v) is 8.18. The highest BCUT2D eigenvalue weighted by molar-refractivity contribution is 5.44. The minimum atomic E-state index is -4.66. The predicted octanol–water partition coefficient (Wildman–Crippen LogP) is 5.52. The van der Waals surface area contributed by atoms with Crippen LogP contribution in [0.3, 0.4) is 0 Å². The molecule has 36 heavy (non-hydrogen) atoms. The summed E-state index contributed by atoms with van der Waals surface area (Å²) in [6, 6.07) is 12.1. The fraction of sp³-hybridized carbons (Fsp3) is 0.320. The molecular formula is C25H25F4N5O2. The summed E-state index contributed by atoms with van der Waals surface area (Å²) in [5.41, 5.74) is 1.17. The largest absolute Gasteiger partial charge is 0.497 e. The zero-order valence-corrected chi connectivity index (χ0v) is 20.0. The Morgan fingerprint density at radius 2 is 1.81 bits per heavy atom. The standard InChI is InChI=1S/C25H25F4N5O2/c1-4-33-14-19(30-32-33)12-20-13-24(25(27,28)29)31-34(20)23-10-7-18(26)11-22(23)16(2)36-15-17-5-8-21(35-3)9-6-17/h5-11,13-14,16H,4,12,15H2,1-3H3/t16-/m1/s1. The fourth-order valence-electron chi connectivity index (χ4n) is 3.73. The van der Waals surface area contributed by atoms with Crippen molar-refractivity contribution in [3.63, 3.8) is 0 Å². The number of nitrogens with zero attached hydrogens (tertiary/aromatic N) is 5. The van der Waals surface area contributed by atoms with Crippen molar-refractivity contribution in [2.24, 2.45) is 0 Å². The summed E-state index contributed by atoms with van der Waals surface area (Å²) in [4.78, 5) is 0. The van der Waals surface area contributed by atoms with Crippen LogP contribution in [0.4, 0.5) is 17.6 Å². The van der Waals surface area contributed by atoms with Crippen LogP contribution in [-0.2, 0) is 30.5 Å². The van der Waals surface area contributed by atoms with E-state index in [9.17, 15) is 17.6 Å². The van der Waals surface area contributed by atoms with Crippen LogP contribution in [0.25, 0.3) is 5.69 Å². The van der Waals surface area contributed by atoms with Crippen molar-refractivity contribution in [1.82, 2.24) is 24.8 Å². The maximum Gasteiger partial charge on any atom is 0.435 e. The second-order valence-electron chi connectivity index (χ2n) is 8.18. The summed E-state index contributed by atoms with van der Waals surface area (Å²) < 4.78 is 68.9. The zero-order chi connectivity index (χ0) is 25.9. The van der Waals surface area contributed by atoms with Gasteiger partial charge in [-0.25, -0.2) is 9.07 Å². The minimum absolute atomic E-state index is 0.0565. The highest BCUT2D eigenvalue weighted by Gasteiger charge is 2.35. The molecule has 4 aromatic rings. The highest BCUT2D eigenvalue weighted by Crippen LogP contribution is 2.33. The Balaban J connectivity index is 1.67. The summed E-state index contributed by atoms with van der Waals surface area (Å²) in [6.45, 7) is 4.37. The van der Waals surface area contributed by atoms with Gasteiger partial charge in [0.15, 0.2) is 5.69 Å².